The van der Waals surface area contributed by atoms with Crippen LogP contribution in [0.3, 0.4) is 0 Å². The molecular formula is C30H33FN2O6. The normalized spacial score (nSPS) is 12.4. The van der Waals surface area contributed by atoms with Crippen molar-refractivity contribution < 1.29 is 33.7 Å². The van der Waals surface area contributed by atoms with Gasteiger partial charge in [0.1, 0.15) is 18.5 Å². The maximum Gasteiger partial charge on any atom is 0.337 e. The van der Waals surface area contributed by atoms with Gasteiger partial charge >= 0.3 is 18.0 Å². The van der Waals surface area contributed by atoms with Crippen LogP contribution in [0.4, 0.5) is 9.18 Å². The van der Waals surface area contributed by atoms with Crippen molar-refractivity contribution in [1.29, 1.82) is 0 Å². The topological polar surface area (TPSA) is 116 Å². The van der Waals surface area contributed by atoms with E-state index in [0.29, 0.717) is 5.56 Å². The second-order valence-electron chi connectivity index (χ2n) is 9.66. The van der Waals surface area contributed by atoms with E-state index in [1.807, 2.05) is 19.9 Å². The Morgan fingerprint density at radius 2 is 1.46 bits per heavy atom. The minimum Gasteiger partial charge on any atom is -0.480 e. The molecule has 0 fully saturated rings. The molecule has 206 valence electrons. The van der Waals surface area contributed by atoms with Crippen molar-refractivity contribution in [2.45, 2.75) is 39.0 Å². The molecule has 0 aromatic heterocycles. The number of carboxylic acids is 1. The molecule has 0 aliphatic heterocycles. The molecule has 2 amide bonds. The van der Waals surface area contributed by atoms with Crippen molar-refractivity contribution >= 4 is 18.0 Å². The number of carboxylic acid groups (broad SMARTS) is 1. The van der Waals surface area contributed by atoms with Crippen LogP contribution >= 0.6 is 0 Å². The van der Waals surface area contributed by atoms with Crippen LogP contribution in [-0.4, -0.2) is 58.3 Å². The number of hydrogen-bond acceptors (Lipinski definition) is 5. The lowest BCUT2D eigenvalue weighted by molar-refractivity contribution is -0.155. The monoisotopic (exact) mass is 536 g/mol. The first-order valence-electron chi connectivity index (χ1n) is 12.6. The van der Waals surface area contributed by atoms with E-state index in [9.17, 15) is 29.0 Å². The molecule has 0 heterocycles. The Labute approximate surface area is 227 Å². The van der Waals surface area contributed by atoms with E-state index in [2.05, 4.69) is 5.32 Å². The Hall–Kier alpha value is -4.24. The number of carbonyl (C=O) groups excluding carboxylic acids is 2. The molecule has 2 atom stereocenters. The van der Waals surface area contributed by atoms with Crippen LogP contribution in [0.25, 0.3) is 11.1 Å². The molecule has 0 unspecified atom stereocenters. The number of nitrogens with one attached hydrogen (secondary N) is 1. The Morgan fingerprint density at radius 1 is 0.872 bits per heavy atom. The second-order valence-corrected chi connectivity index (χ2v) is 9.66. The van der Waals surface area contributed by atoms with E-state index in [1.54, 1.807) is 60.7 Å². The van der Waals surface area contributed by atoms with Gasteiger partial charge in [0.2, 0.25) is 0 Å². The summed E-state index contributed by atoms with van der Waals surface area (Å²) < 4.78 is 18.4. The van der Waals surface area contributed by atoms with Crippen LogP contribution in [0.1, 0.15) is 25.0 Å². The number of aliphatic carboxylic acids is 1. The Morgan fingerprint density at radius 3 is 2.03 bits per heavy atom. The molecule has 0 saturated carbocycles. The fraction of sp³-hybridized carbons (Fsp3) is 0.300. The fourth-order valence-corrected chi connectivity index (χ4v) is 3.94. The SMILES string of the molecule is CC(C)CN(C[C@H](O)C(=O)OCc1ccccc1)C(=O)N[C@@H](Cc1ccc(-c2ccc(F)cc2)cc1)C(=O)O. The Balaban J connectivity index is 1.62. The largest absolute Gasteiger partial charge is 0.480 e. The van der Waals surface area contributed by atoms with Gasteiger partial charge in [-0.2, -0.15) is 0 Å². The van der Waals surface area contributed by atoms with Crippen molar-refractivity contribution in [2.24, 2.45) is 5.92 Å². The van der Waals surface area contributed by atoms with Crippen molar-refractivity contribution in [3.63, 3.8) is 0 Å². The van der Waals surface area contributed by atoms with Crippen LogP contribution in [0.15, 0.2) is 78.9 Å². The van der Waals surface area contributed by atoms with Gasteiger partial charge in [-0.1, -0.05) is 80.6 Å². The lowest BCUT2D eigenvalue weighted by Crippen LogP contribution is -2.52. The summed E-state index contributed by atoms with van der Waals surface area (Å²) in [5.41, 5.74) is 3.08. The number of benzene rings is 3. The Bertz CT molecular complexity index is 1230. The van der Waals surface area contributed by atoms with Gasteiger partial charge in [-0.25, -0.2) is 18.8 Å². The number of nitrogens with zero attached hydrogens (tertiary/aromatic N) is 1. The third kappa shape index (κ3) is 9.22. The number of halogens is 1. The van der Waals surface area contributed by atoms with Crippen molar-refractivity contribution in [3.8, 4) is 11.1 Å². The first-order valence-corrected chi connectivity index (χ1v) is 12.6. The first kappa shape index (κ1) is 29.3. The van der Waals surface area contributed by atoms with Gasteiger partial charge in [0.15, 0.2) is 6.10 Å². The third-order valence-corrected chi connectivity index (χ3v) is 5.93. The molecule has 8 nitrogen and oxygen atoms in total. The van der Waals surface area contributed by atoms with Crippen LogP contribution in [0.5, 0.6) is 0 Å². The average molecular weight is 537 g/mol. The van der Waals surface area contributed by atoms with Gasteiger partial charge in [0.25, 0.3) is 0 Å². The lowest BCUT2D eigenvalue weighted by Gasteiger charge is -2.28. The summed E-state index contributed by atoms with van der Waals surface area (Å²) in [5.74, 6) is -2.45. The van der Waals surface area contributed by atoms with E-state index >= 15 is 0 Å². The van der Waals surface area contributed by atoms with Crippen molar-refractivity contribution in [3.05, 3.63) is 95.8 Å². The van der Waals surface area contributed by atoms with Crippen LogP contribution < -0.4 is 5.32 Å². The molecule has 0 aliphatic carbocycles. The first-order chi connectivity index (χ1) is 18.6. The number of amides is 2. The van der Waals surface area contributed by atoms with E-state index in [0.717, 1.165) is 16.7 Å². The van der Waals surface area contributed by atoms with Gasteiger partial charge in [0, 0.05) is 13.0 Å². The minimum atomic E-state index is -1.60. The van der Waals surface area contributed by atoms with E-state index < -0.39 is 30.1 Å². The minimum absolute atomic E-state index is 0.00873. The van der Waals surface area contributed by atoms with Crippen LogP contribution in [-0.2, 0) is 27.4 Å². The van der Waals surface area contributed by atoms with E-state index in [4.69, 9.17) is 4.74 Å². The molecule has 0 radical (unpaired) electrons. The molecule has 0 spiro atoms. The number of urea groups is 1. The van der Waals surface area contributed by atoms with Gasteiger partial charge in [-0.05, 0) is 40.3 Å². The average Bonchev–Trinajstić information content (AvgIpc) is 2.92. The number of esters is 1. The summed E-state index contributed by atoms with van der Waals surface area (Å²) in [7, 11) is 0. The van der Waals surface area contributed by atoms with Crippen molar-refractivity contribution in [2.75, 3.05) is 13.1 Å². The van der Waals surface area contributed by atoms with Gasteiger partial charge in [-0.3, -0.25) is 0 Å². The molecule has 39 heavy (non-hydrogen) atoms. The molecule has 0 bridgehead atoms. The third-order valence-electron chi connectivity index (χ3n) is 5.93. The lowest BCUT2D eigenvalue weighted by atomic mass is 10.0. The van der Waals surface area contributed by atoms with Crippen LogP contribution in [0.2, 0.25) is 0 Å². The maximum atomic E-state index is 13.2. The number of rotatable bonds is 12. The highest BCUT2D eigenvalue weighted by atomic mass is 19.1. The highest BCUT2D eigenvalue weighted by molar-refractivity contribution is 5.83. The quantitative estimate of drug-likeness (QED) is 0.298. The maximum absolute atomic E-state index is 13.2. The zero-order chi connectivity index (χ0) is 28.4. The summed E-state index contributed by atoms with van der Waals surface area (Å²) >= 11 is 0. The zero-order valence-corrected chi connectivity index (χ0v) is 21.9. The summed E-state index contributed by atoms with van der Waals surface area (Å²) in [6.07, 6.45) is -1.58. The predicted molar refractivity (Wildman–Crippen MR) is 144 cm³/mol. The second kappa shape index (κ2) is 14.1. The number of ether oxygens (including phenoxy) is 1. The molecule has 3 aromatic rings. The molecule has 3 N–H and O–H groups in total. The predicted octanol–water partition coefficient (Wildman–Crippen LogP) is 4.26. The number of hydrogen-bond donors (Lipinski definition) is 3. The van der Waals surface area contributed by atoms with E-state index in [-0.39, 0.29) is 37.9 Å². The molecule has 3 aromatic carbocycles. The Kier molecular flexibility index (Phi) is 10.6. The number of aliphatic hydroxyl groups excluding tert-OH is 1. The van der Waals surface area contributed by atoms with Crippen molar-refractivity contribution in [1.82, 2.24) is 10.2 Å². The standard InChI is InChI=1S/C30H33FN2O6/c1-20(2)17-33(18-27(34)29(37)39-19-22-6-4-3-5-7-22)30(38)32-26(28(35)36)16-21-8-10-23(11-9-21)24-12-14-25(31)15-13-24/h3-15,20,26-27,34H,16-19H2,1-2H3,(H,32,38)(H,35,36)/t26-,27-/m0/s1. The molecule has 0 saturated heterocycles. The fourth-order valence-electron chi connectivity index (χ4n) is 3.94. The molecule has 0 aliphatic rings. The smallest absolute Gasteiger partial charge is 0.337 e. The molecule has 9 heteroatoms. The molecular weight excluding hydrogens is 503 g/mol. The highest BCUT2D eigenvalue weighted by Crippen LogP contribution is 2.20. The van der Waals surface area contributed by atoms with Crippen LogP contribution in [0, 0.1) is 11.7 Å². The van der Waals surface area contributed by atoms with Gasteiger partial charge in [0.05, 0.1) is 6.54 Å². The summed E-state index contributed by atoms with van der Waals surface area (Å²) in [5, 5.41) is 22.7. The summed E-state index contributed by atoms with van der Waals surface area (Å²) in [6, 6.07) is 20.1. The van der Waals surface area contributed by atoms with Gasteiger partial charge < -0.3 is 25.2 Å². The number of aliphatic hydroxyl groups is 1. The van der Waals surface area contributed by atoms with E-state index in [1.165, 1.54) is 17.0 Å². The van der Waals surface area contributed by atoms with Gasteiger partial charge in [-0.15, -0.1) is 0 Å². The number of carbonyl (C=O) groups is 3. The zero-order valence-electron chi connectivity index (χ0n) is 21.9. The molecule has 3 rings (SSSR count). The summed E-state index contributed by atoms with van der Waals surface area (Å²) in [4.78, 5) is 38.6. The highest BCUT2D eigenvalue weighted by Gasteiger charge is 2.28. The summed E-state index contributed by atoms with van der Waals surface area (Å²) in [6.45, 7) is 3.54.